The number of carbonyl (C=O) groups excluding carboxylic acids is 3. The van der Waals surface area contributed by atoms with Gasteiger partial charge in [-0.3, -0.25) is 19.3 Å². The Balaban J connectivity index is 2.30. The van der Waals surface area contributed by atoms with Crippen molar-refractivity contribution < 1.29 is 14.4 Å². The summed E-state index contributed by atoms with van der Waals surface area (Å²) in [6.07, 6.45) is 0.0878. The van der Waals surface area contributed by atoms with Crippen LogP contribution in [-0.2, 0) is 19.8 Å². The topological polar surface area (TPSA) is 66.5 Å². The number of imide groups is 1. The summed E-state index contributed by atoms with van der Waals surface area (Å²) in [5, 5.41) is 2.42. The number of likely N-dealkylation sites (tertiary alicyclic amines) is 1. The molecule has 1 heterocycles. The van der Waals surface area contributed by atoms with Crippen molar-refractivity contribution in [2.75, 3.05) is 13.6 Å². The van der Waals surface area contributed by atoms with Gasteiger partial charge in [0.2, 0.25) is 17.7 Å². The highest BCUT2D eigenvalue weighted by molar-refractivity contribution is 9.10. The molecule has 6 heteroatoms. The molecule has 1 atom stereocenters. The van der Waals surface area contributed by atoms with Crippen molar-refractivity contribution in [3.63, 3.8) is 0 Å². The number of nitrogens with one attached hydrogen (secondary N) is 1. The highest BCUT2D eigenvalue weighted by atomic mass is 79.9. The molecular formula is C14H15BrN2O3. The minimum Gasteiger partial charge on any atom is -0.358 e. The molecule has 1 aliphatic heterocycles. The van der Waals surface area contributed by atoms with Crippen LogP contribution in [0, 0.1) is 0 Å². The number of likely N-dealkylation sites (N-methyl/N-ethyl adjacent to an activating group) is 1. The number of hydrogen-bond acceptors (Lipinski definition) is 3. The zero-order valence-electron chi connectivity index (χ0n) is 11.3. The van der Waals surface area contributed by atoms with Crippen LogP contribution in [0.4, 0.5) is 0 Å². The average molecular weight is 339 g/mol. The van der Waals surface area contributed by atoms with Gasteiger partial charge in [0.05, 0.1) is 5.41 Å². The molecule has 0 spiro atoms. The van der Waals surface area contributed by atoms with E-state index in [1.165, 1.54) is 7.05 Å². The van der Waals surface area contributed by atoms with Crippen molar-refractivity contribution in [2.45, 2.75) is 18.8 Å². The minimum absolute atomic E-state index is 0.0878. The lowest BCUT2D eigenvalue weighted by Crippen LogP contribution is -2.42. The monoisotopic (exact) mass is 338 g/mol. The van der Waals surface area contributed by atoms with Crippen LogP contribution in [0.5, 0.6) is 0 Å². The van der Waals surface area contributed by atoms with Gasteiger partial charge in [0.25, 0.3) is 0 Å². The summed E-state index contributed by atoms with van der Waals surface area (Å²) in [6.45, 7) is 1.51. The number of carbonyl (C=O) groups is 3. The van der Waals surface area contributed by atoms with Crippen molar-refractivity contribution in [1.82, 2.24) is 10.2 Å². The molecule has 1 aliphatic rings. The van der Waals surface area contributed by atoms with E-state index in [2.05, 4.69) is 21.2 Å². The summed E-state index contributed by atoms with van der Waals surface area (Å²) in [5.74, 6) is -0.996. The van der Waals surface area contributed by atoms with Crippen LogP contribution in [-0.4, -0.2) is 36.2 Å². The Morgan fingerprint density at radius 1 is 1.35 bits per heavy atom. The van der Waals surface area contributed by atoms with Crippen LogP contribution < -0.4 is 5.32 Å². The van der Waals surface area contributed by atoms with Crippen LogP contribution in [0.2, 0.25) is 0 Å². The first-order chi connectivity index (χ1) is 9.38. The van der Waals surface area contributed by atoms with Gasteiger partial charge in [-0.25, -0.2) is 0 Å². The molecule has 1 saturated heterocycles. The quantitative estimate of drug-likeness (QED) is 0.842. The van der Waals surface area contributed by atoms with Crippen LogP contribution in [0.15, 0.2) is 28.7 Å². The molecule has 1 fully saturated rings. The second kappa shape index (κ2) is 5.36. The summed E-state index contributed by atoms with van der Waals surface area (Å²) < 4.78 is 0.906. The molecule has 2 rings (SSSR count). The summed E-state index contributed by atoms with van der Waals surface area (Å²) in [6, 6.07) is 7.30. The van der Waals surface area contributed by atoms with Gasteiger partial charge in [0.15, 0.2) is 0 Å². The predicted molar refractivity (Wildman–Crippen MR) is 76.9 cm³/mol. The molecule has 0 radical (unpaired) electrons. The van der Waals surface area contributed by atoms with E-state index in [1.54, 1.807) is 6.92 Å². The molecule has 5 nitrogen and oxygen atoms in total. The number of hydrogen-bond donors (Lipinski definition) is 1. The number of nitrogens with zero attached hydrogens (tertiary/aromatic N) is 1. The predicted octanol–water partition coefficient (Wildman–Crippen LogP) is 1.21. The summed E-state index contributed by atoms with van der Waals surface area (Å²) in [4.78, 5) is 36.9. The second-order valence-corrected chi connectivity index (χ2v) is 5.89. The fourth-order valence-electron chi connectivity index (χ4n) is 2.31. The number of amides is 3. The SMILES string of the molecule is CNC(=O)CN1C(=O)CC(C)(c2ccc(Br)cc2)C1=O. The lowest BCUT2D eigenvalue weighted by molar-refractivity contribution is -0.143. The van der Waals surface area contributed by atoms with Crippen molar-refractivity contribution in [1.29, 1.82) is 0 Å². The Bertz CT molecular complexity index is 570. The largest absolute Gasteiger partial charge is 0.358 e. The molecule has 1 aromatic rings. The second-order valence-electron chi connectivity index (χ2n) is 4.97. The van der Waals surface area contributed by atoms with Gasteiger partial charge in [-0.1, -0.05) is 28.1 Å². The third-order valence-electron chi connectivity index (χ3n) is 3.58. The fraction of sp³-hybridized carbons (Fsp3) is 0.357. The van der Waals surface area contributed by atoms with E-state index < -0.39 is 5.41 Å². The molecule has 106 valence electrons. The molecule has 1 unspecified atom stereocenters. The zero-order chi connectivity index (χ0) is 14.9. The Hall–Kier alpha value is -1.69. The Labute approximate surface area is 125 Å². The summed E-state index contributed by atoms with van der Waals surface area (Å²) in [7, 11) is 1.47. The average Bonchev–Trinajstić information content (AvgIpc) is 2.64. The highest BCUT2D eigenvalue weighted by Gasteiger charge is 2.49. The molecule has 1 N–H and O–H groups in total. The number of rotatable bonds is 3. The fourth-order valence-corrected chi connectivity index (χ4v) is 2.57. The summed E-state index contributed by atoms with van der Waals surface area (Å²) >= 11 is 3.34. The van der Waals surface area contributed by atoms with Gasteiger partial charge < -0.3 is 5.32 Å². The van der Waals surface area contributed by atoms with Crippen LogP contribution in [0.3, 0.4) is 0 Å². The first-order valence-electron chi connectivity index (χ1n) is 6.20. The number of benzene rings is 1. The van der Waals surface area contributed by atoms with Crippen molar-refractivity contribution in [2.24, 2.45) is 0 Å². The Morgan fingerprint density at radius 2 is 1.95 bits per heavy atom. The van der Waals surface area contributed by atoms with E-state index in [0.29, 0.717) is 0 Å². The van der Waals surface area contributed by atoms with Crippen LogP contribution >= 0.6 is 15.9 Å². The van der Waals surface area contributed by atoms with Gasteiger partial charge in [-0.05, 0) is 24.6 Å². The zero-order valence-corrected chi connectivity index (χ0v) is 12.9. The molecule has 20 heavy (non-hydrogen) atoms. The third kappa shape index (κ3) is 2.47. The standard InChI is InChI=1S/C14H15BrN2O3/c1-14(9-3-5-10(15)6-4-9)7-12(19)17(13(14)20)8-11(18)16-2/h3-6H,7-8H2,1-2H3,(H,16,18). The van der Waals surface area contributed by atoms with E-state index in [0.717, 1.165) is 14.9 Å². The van der Waals surface area contributed by atoms with Gasteiger partial charge in [-0.15, -0.1) is 0 Å². The molecule has 3 amide bonds. The van der Waals surface area contributed by atoms with Gasteiger partial charge >= 0.3 is 0 Å². The highest BCUT2D eigenvalue weighted by Crippen LogP contribution is 2.36. The van der Waals surface area contributed by atoms with Gasteiger partial charge in [-0.2, -0.15) is 0 Å². The molecule has 0 aliphatic carbocycles. The number of halogens is 1. The lowest BCUT2D eigenvalue weighted by atomic mass is 9.81. The molecule has 1 aromatic carbocycles. The van der Waals surface area contributed by atoms with Crippen LogP contribution in [0.25, 0.3) is 0 Å². The normalized spacial score (nSPS) is 22.2. The maximum atomic E-state index is 12.5. The third-order valence-corrected chi connectivity index (χ3v) is 4.11. The van der Waals surface area contributed by atoms with E-state index in [1.807, 2.05) is 24.3 Å². The van der Waals surface area contributed by atoms with Crippen molar-refractivity contribution >= 4 is 33.7 Å². The first kappa shape index (κ1) is 14.7. The van der Waals surface area contributed by atoms with Crippen molar-refractivity contribution in [3.05, 3.63) is 34.3 Å². The van der Waals surface area contributed by atoms with E-state index in [4.69, 9.17) is 0 Å². The first-order valence-corrected chi connectivity index (χ1v) is 6.99. The Morgan fingerprint density at radius 3 is 2.50 bits per heavy atom. The molecule has 0 saturated carbocycles. The van der Waals surface area contributed by atoms with Gasteiger partial charge in [0, 0.05) is 17.9 Å². The van der Waals surface area contributed by atoms with E-state index >= 15 is 0 Å². The minimum atomic E-state index is -0.897. The Kier molecular flexibility index (Phi) is 3.94. The van der Waals surface area contributed by atoms with Gasteiger partial charge in [0.1, 0.15) is 6.54 Å². The molecular weight excluding hydrogens is 324 g/mol. The van der Waals surface area contributed by atoms with E-state index in [-0.39, 0.29) is 30.7 Å². The molecule has 0 bridgehead atoms. The van der Waals surface area contributed by atoms with Crippen molar-refractivity contribution in [3.8, 4) is 0 Å². The summed E-state index contributed by atoms with van der Waals surface area (Å²) in [5.41, 5.74) is -0.121. The smallest absolute Gasteiger partial charge is 0.240 e. The van der Waals surface area contributed by atoms with Crippen LogP contribution in [0.1, 0.15) is 18.9 Å². The van der Waals surface area contributed by atoms with E-state index in [9.17, 15) is 14.4 Å². The lowest BCUT2D eigenvalue weighted by Gasteiger charge is -2.22. The maximum absolute atomic E-state index is 12.5. The molecule has 0 aromatic heterocycles. The maximum Gasteiger partial charge on any atom is 0.240 e.